The molecule has 13 rings (SSSR count). The van der Waals surface area contributed by atoms with Crippen LogP contribution >= 0.6 is 0 Å². The zero-order valence-electron chi connectivity index (χ0n) is 44.0. The maximum Gasteiger partial charge on any atom is 0.0468 e. The van der Waals surface area contributed by atoms with Gasteiger partial charge in [0.05, 0.1) is 0 Å². The minimum absolute atomic E-state index is 0.960. The predicted molar refractivity (Wildman–Crippen MR) is 334 cm³/mol. The Morgan fingerprint density at radius 1 is 0.244 bits per heavy atom. The zero-order chi connectivity index (χ0) is 52.4. The van der Waals surface area contributed by atoms with Gasteiger partial charge in [0, 0.05) is 34.1 Å². The predicted octanol–water partition coefficient (Wildman–Crippen LogP) is 21.7. The summed E-state index contributed by atoms with van der Waals surface area (Å²) in [6, 6.07) is 102. The maximum absolute atomic E-state index is 2.47. The van der Waals surface area contributed by atoms with Crippen molar-refractivity contribution in [3.05, 3.63) is 308 Å². The Labute approximate surface area is 458 Å². The Balaban J connectivity index is 1.03. The molecule has 0 atom stereocenters. The number of rotatable bonds is 12. The fourth-order valence-electron chi connectivity index (χ4n) is 11.4. The van der Waals surface area contributed by atoms with Crippen molar-refractivity contribution in [2.45, 2.75) is 26.7 Å². The monoisotopic (exact) mass is 998 g/mol. The smallest absolute Gasteiger partial charge is 0.0468 e. The highest BCUT2D eigenvalue weighted by Gasteiger charge is 2.24. The summed E-state index contributed by atoms with van der Waals surface area (Å²) < 4.78 is 0. The molecule has 1 aliphatic rings. The molecule has 0 amide bonds. The molecule has 372 valence electrons. The summed E-state index contributed by atoms with van der Waals surface area (Å²) in [7, 11) is 0. The van der Waals surface area contributed by atoms with Gasteiger partial charge in [0.2, 0.25) is 0 Å². The summed E-state index contributed by atoms with van der Waals surface area (Å²) in [6.07, 6.45) is 6.70. The number of hydrogen-bond donors (Lipinski definition) is 0. The number of fused-ring (bicyclic) bond motifs is 2. The van der Waals surface area contributed by atoms with E-state index >= 15 is 0 Å². The van der Waals surface area contributed by atoms with Gasteiger partial charge in [-0.1, -0.05) is 230 Å². The van der Waals surface area contributed by atoms with Crippen LogP contribution in [0, 0.1) is 6.92 Å². The topological polar surface area (TPSA) is 6.48 Å². The van der Waals surface area contributed by atoms with E-state index in [4.69, 9.17) is 0 Å². The second kappa shape index (κ2) is 21.1. The van der Waals surface area contributed by atoms with Gasteiger partial charge < -0.3 is 9.80 Å². The van der Waals surface area contributed by atoms with Gasteiger partial charge in [0.25, 0.3) is 0 Å². The number of nitrogens with zero attached hydrogens (tertiary/aromatic N) is 2. The molecular formula is C76H58N2. The van der Waals surface area contributed by atoms with Gasteiger partial charge >= 0.3 is 0 Å². The minimum atomic E-state index is 0.960. The van der Waals surface area contributed by atoms with Crippen LogP contribution in [0.1, 0.15) is 30.9 Å². The molecule has 12 aromatic rings. The Hall–Kier alpha value is -9.76. The molecule has 2 heteroatoms. The molecule has 0 heterocycles. The van der Waals surface area contributed by atoms with Crippen LogP contribution < -0.4 is 9.80 Å². The van der Waals surface area contributed by atoms with Crippen molar-refractivity contribution in [2.75, 3.05) is 9.80 Å². The number of aryl methyl sites for hydroxylation is 1. The molecular weight excluding hydrogens is 941 g/mol. The van der Waals surface area contributed by atoms with E-state index in [-0.39, 0.29) is 0 Å². The van der Waals surface area contributed by atoms with Crippen LogP contribution in [0.5, 0.6) is 0 Å². The average Bonchev–Trinajstić information content (AvgIpc) is 3.57. The lowest BCUT2D eigenvalue weighted by Gasteiger charge is -2.29. The van der Waals surface area contributed by atoms with Crippen LogP contribution in [0.4, 0.5) is 34.1 Å². The first kappa shape index (κ1) is 47.9. The number of allylic oxidation sites excluding steroid dienone is 4. The van der Waals surface area contributed by atoms with Crippen molar-refractivity contribution in [3.63, 3.8) is 0 Å². The number of benzene rings is 12. The lowest BCUT2D eigenvalue weighted by atomic mass is 9.82. The highest BCUT2D eigenvalue weighted by Crippen LogP contribution is 2.49. The molecule has 0 N–H and O–H groups in total. The van der Waals surface area contributed by atoms with Crippen molar-refractivity contribution in [1.82, 2.24) is 0 Å². The van der Waals surface area contributed by atoms with Crippen molar-refractivity contribution in [1.29, 1.82) is 0 Å². The molecule has 78 heavy (non-hydrogen) atoms. The van der Waals surface area contributed by atoms with Crippen LogP contribution in [-0.2, 0) is 0 Å². The van der Waals surface area contributed by atoms with Crippen molar-refractivity contribution >= 4 is 61.2 Å². The normalized spacial score (nSPS) is 12.3. The molecule has 12 aromatic carbocycles. The van der Waals surface area contributed by atoms with Gasteiger partial charge in [-0.05, 0) is 188 Å². The Morgan fingerprint density at radius 3 is 0.897 bits per heavy atom. The third-order valence-corrected chi connectivity index (χ3v) is 15.5. The first-order chi connectivity index (χ1) is 38.5. The second-order valence-corrected chi connectivity index (χ2v) is 20.6. The fraction of sp³-hybridized carbons (Fsp3) is 0.0526. The summed E-state index contributed by atoms with van der Waals surface area (Å²) >= 11 is 0. The molecule has 1 aliphatic carbocycles. The van der Waals surface area contributed by atoms with E-state index in [2.05, 4.69) is 315 Å². The van der Waals surface area contributed by atoms with E-state index in [0.29, 0.717) is 0 Å². The fourth-order valence-corrected chi connectivity index (χ4v) is 11.4. The zero-order valence-corrected chi connectivity index (χ0v) is 44.0. The number of hydrogen-bond acceptors (Lipinski definition) is 2. The first-order valence-electron chi connectivity index (χ1n) is 27.2. The highest BCUT2D eigenvalue weighted by atomic mass is 15.1. The van der Waals surface area contributed by atoms with E-state index < -0.39 is 0 Å². The van der Waals surface area contributed by atoms with E-state index in [9.17, 15) is 0 Å². The van der Waals surface area contributed by atoms with E-state index in [1.54, 1.807) is 0 Å². The van der Waals surface area contributed by atoms with Crippen molar-refractivity contribution in [3.8, 4) is 55.6 Å². The Morgan fingerprint density at radius 2 is 0.551 bits per heavy atom. The molecule has 0 aromatic heterocycles. The third kappa shape index (κ3) is 9.50. The molecule has 0 spiro atoms. The molecule has 0 saturated carbocycles. The van der Waals surface area contributed by atoms with E-state index in [0.717, 1.165) is 47.0 Å². The summed E-state index contributed by atoms with van der Waals surface area (Å²) in [5, 5.41) is 4.91. The van der Waals surface area contributed by atoms with Crippen molar-refractivity contribution < 1.29 is 0 Å². The summed E-state index contributed by atoms with van der Waals surface area (Å²) in [6.45, 7) is 4.43. The Bertz CT molecular complexity index is 3960. The van der Waals surface area contributed by atoms with Crippen LogP contribution in [0.15, 0.2) is 297 Å². The standard InChI is InChI=1S/C76H58N2/c1-53-23-27-63(28-24-53)75-71-49-47-70(78(67-43-35-61(36-44-67)57-19-11-5-12-20-57)68-45-37-62(38-46-68)58-21-13-6-14-22-58)52-74(71)76(64-29-25-54(2)26-30-64)72-50-48-69(51-73(72)75)77(65-39-31-59(32-40-65)55-15-7-3-8-16-55)66-41-33-60(34-42-66)56-17-9-4-10-18-56/h3-25,27-29,31-52H,26,30H2,1-2H3. The van der Waals surface area contributed by atoms with Gasteiger partial charge in [-0.25, -0.2) is 0 Å². The second-order valence-electron chi connectivity index (χ2n) is 20.6. The quantitative estimate of drug-likeness (QED) is 0.113. The molecule has 0 fully saturated rings. The lowest BCUT2D eigenvalue weighted by Crippen LogP contribution is -2.11. The molecule has 0 unspecified atom stereocenters. The van der Waals surface area contributed by atoms with E-state index in [1.807, 2.05) is 0 Å². The van der Waals surface area contributed by atoms with Crippen molar-refractivity contribution in [2.24, 2.45) is 0 Å². The largest absolute Gasteiger partial charge is 0.310 e. The first-order valence-corrected chi connectivity index (χ1v) is 27.2. The van der Waals surface area contributed by atoms with Crippen LogP contribution in [0.3, 0.4) is 0 Å². The summed E-state index contributed by atoms with van der Waals surface area (Å²) in [5.74, 6) is 0. The third-order valence-electron chi connectivity index (χ3n) is 15.5. The lowest BCUT2D eigenvalue weighted by molar-refractivity contribution is 0.979. The molecule has 2 nitrogen and oxygen atoms in total. The van der Waals surface area contributed by atoms with Crippen LogP contribution in [0.25, 0.3) is 82.8 Å². The van der Waals surface area contributed by atoms with Gasteiger partial charge in [-0.15, -0.1) is 0 Å². The van der Waals surface area contributed by atoms with E-state index in [1.165, 1.54) is 99.5 Å². The SMILES string of the molecule is CC1=CC=C(c2c3cc(N(c4ccc(-c5ccccc5)cc4)c4ccc(-c5ccccc5)cc4)ccc3c(-c3ccc(C)cc3)c3cc(N(c4ccc(-c5ccccc5)cc4)c4ccc(-c5ccccc5)cc4)ccc23)CC1. The maximum atomic E-state index is 2.47. The highest BCUT2D eigenvalue weighted by molar-refractivity contribution is 6.20. The number of anilines is 6. The Kier molecular flexibility index (Phi) is 13.0. The van der Waals surface area contributed by atoms with Crippen LogP contribution in [0.2, 0.25) is 0 Å². The molecule has 0 bridgehead atoms. The van der Waals surface area contributed by atoms with Gasteiger partial charge in [-0.3, -0.25) is 0 Å². The summed E-state index contributed by atoms with van der Waals surface area (Å²) in [5.41, 5.74) is 23.8. The summed E-state index contributed by atoms with van der Waals surface area (Å²) in [4.78, 5) is 4.85. The molecule has 0 radical (unpaired) electrons. The van der Waals surface area contributed by atoms with Crippen LogP contribution in [-0.4, -0.2) is 0 Å². The molecule has 0 aliphatic heterocycles. The van der Waals surface area contributed by atoms with Gasteiger partial charge in [-0.2, -0.15) is 0 Å². The minimum Gasteiger partial charge on any atom is -0.310 e. The van der Waals surface area contributed by atoms with Gasteiger partial charge in [0.1, 0.15) is 0 Å². The average molecular weight is 999 g/mol. The molecule has 0 saturated heterocycles. The van der Waals surface area contributed by atoms with Gasteiger partial charge in [0.15, 0.2) is 0 Å².